The van der Waals surface area contributed by atoms with Gasteiger partial charge in [-0.3, -0.25) is 0 Å². The molecule has 0 N–H and O–H groups in total. The third-order valence-corrected chi connectivity index (χ3v) is 1.18. The fourth-order valence-electron chi connectivity index (χ4n) is 0.595. The third-order valence-electron chi connectivity index (χ3n) is 1.18. The molecule has 0 spiro atoms. The molecule has 0 aliphatic carbocycles. The van der Waals surface area contributed by atoms with E-state index in [0.29, 0.717) is 0 Å². The molecule has 0 saturated carbocycles. The Bertz CT molecular complexity index is 202. The number of hydrogen-bond acceptors (Lipinski definition) is 3. The molecule has 72 valence electrons. The molecule has 0 bridgehead atoms. The van der Waals surface area contributed by atoms with Gasteiger partial charge in [0.05, 0.1) is 0 Å². The van der Waals surface area contributed by atoms with Crippen molar-refractivity contribution in [3.05, 3.63) is 24.3 Å². The molecule has 0 heterocycles. The van der Waals surface area contributed by atoms with Gasteiger partial charge in [-0.05, 0) is 12.8 Å². The van der Waals surface area contributed by atoms with E-state index >= 15 is 0 Å². The van der Waals surface area contributed by atoms with Crippen molar-refractivity contribution in [1.82, 2.24) is 0 Å². The number of rotatable bonds is 4. The minimum Gasteiger partial charge on any atom is -0.387 e. The first kappa shape index (κ1) is 11.6. The van der Waals surface area contributed by atoms with Crippen LogP contribution >= 0.6 is 0 Å². The van der Waals surface area contributed by atoms with Crippen LogP contribution in [0.25, 0.3) is 0 Å². The first-order valence-corrected chi connectivity index (χ1v) is 4.29. The lowest BCUT2D eigenvalue weighted by atomic mass is 10.4. The van der Waals surface area contributed by atoms with Gasteiger partial charge in [0.1, 0.15) is 0 Å². The second-order valence-corrected chi connectivity index (χ2v) is 2.36. The lowest BCUT2D eigenvalue weighted by Gasteiger charge is -1.93. The first-order chi connectivity index (χ1) is 6.20. The highest BCUT2D eigenvalue weighted by Gasteiger charge is 2.01. The van der Waals surface area contributed by atoms with Gasteiger partial charge < -0.3 is 4.74 Å². The van der Waals surface area contributed by atoms with Crippen LogP contribution < -0.4 is 0 Å². The number of allylic oxidation sites excluding steroid dienone is 2. The molecule has 0 aliphatic heterocycles. The molecule has 0 saturated heterocycles. The molecule has 13 heavy (non-hydrogen) atoms. The Kier molecular flexibility index (Phi) is 6.51. The summed E-state index contributed by atoms with van der Waals surface area (Å²) in [6.45, 7) is 3.78. The summed E-state index contributed by atoms with van der Waals surface area (Å²) in [6, 6.07) is 0. The summed E-state index contributed by atoms with van der Waals surface area (Å²) < 4.78 is 4.40. The maximum Gasteiger partial charge on any atom is 0.338 e. The summed E-state index contributed by atoms with van der Waals surface area (Å²) >= 11 is 0. The zero-order valence-corrected chi connectivity index (χ0v) is 7.95. The monoisotopic (exact) mass is 182 g/mol. The molecule has 0 unspecified atom stereocenters. The molecule has 0 atom stereocenters. The Morgan fingerprint density at radius 3 is 1.69 bits per heavy atom. The predicted molar refractivity (Wildman–Crippen MR) is 50.0 cm³/mol. The van der Waals surface area contributed by atoms with E-state index in [9.17, 15) is 9.59 Å². The van der Waals surface area contributed by atoms with Crippen molar-refractivity contribution in [2.75, 3.05) is 0 Å². The maximum atomic E-state index is 10.8. The lowest BCUT2D eigenvalue weighted by Crippen LogP contribution is -2.06. The Morgan fingerprint density at radius 1 is 1.00 bits per heavy atom. The molecule has 0 aliphatic rings. The predicted octanol–water partition coefficient (Wildman–Crippen LogP) is 1.99. The van der Waals surface area contributed by atoms with Gasteiger partial charge in [-0.1, -0.05) is 26.0 Å². The summed E-state index contributed by atoms with van der Waals surface area (Å²) in [5, 5.41) is 0. The first-order valence-electron chi connectivity index (χ1n) is 4.29. The van der Waals surface area contributed by atoms with Crippen LogP contribution in [0.3, 0.4) is 0 Å². The zero-order chi connectivity index (χ0) is 10.1. The Morgan fingerprint density at radius 2 is 1.38 bits per heavy atom. The van der Waals surface area contributed by atoms with Crippen LogP contribution in [-0.2, 0) is 14.3 Å². The summed E-state index contributed by atoms with van der Waals surface area (Å²) in [6.07, 6.45) is 7.26. The van der Waals surface area contributed by atoms with Crippen molar-refractivity contribution in [1.29, 1.82) is 0 Å². The van der Waals surface area contributed by atoms with E-state index in [2.05, 4.69) is 4.74 Å². The van der Waals surface area contributed by atoms with Crippen LogP contribution in [0.1, 0.15) is 26.7 Å². The molecule has 0 aromatic carbocycles. The second-order valence-electron chi connectivity index (χ2n) is 2.36. The lowest BCUT2D eigenvalue weighted by molar-refractivity contribution is -0.152. The highest BCUT2D eigenvalue weighted by molar-refractivity contribution is 5.96. The fraction of sp³-hybridized carbons (Fsp3) is 0.400. The normalized spacial score (nSPS) is 10.9. The summed E-state index contributed by atoms with van der Waals surface area (Å²) in [5.74, 6) is -1.24. The molecule has 0 amide bonds. The van der Waals surface area contributed by atoms with Crippen molar-refractivity contribution in [2.24, 2.45) is 0 Å². The van der Waals surface area contributed by atoms with Gasteiger partial charge in [0.25, 0.3) is 0 Å². The van der Waals surface area contributed by atoms with E-state index in [0.717, 1.165) is 12.8 Å². The number of esters is 2. The smallest absolute Gasteiger partial charge is 0.338 e. The Hall–Kier alpha value is -1.38. The highest BCUT2D eigenvalue weighted by atomic mass is 16.6. The van der Waals surface area contributed by atoms with Crippen LogP contribution in [0.2, 0.25) is 0 Å². The van der Waals surface area contributed by atoms with E-state index in [1.165, 1.54) is 12.2 Å². The molecule has 0 aromatic rings. The standard InChI is InChI=1S/C10H14O3/c1-3-5-7-9(11)13-10(12)8-6-4-2/h5-8H,3-4H2,1-2H3. The van der Waals surface area contributed by atoms with Gasteiger partial charge in [0.15, 0.2) is 0 Å². The number of carbonyl (C=O) groups is 2. The van der Waals surface area contributed by atoms with Gasteiger partial charge in [-0.15, -0.1) is 0 Å². The van der Waals surface area contributed by atoms with Crippen molar-refractivity contribution in [3.8, 4) is 0 Å². The van der Waals surface area contributed by atoms with Crippen molar-refractivity contribution in [3.63, 3.8) is 0 Å². The average molecular weight is 182 g/mol. The third kappa shape index (κ3) is 7.00. The van der Waals surface area contributed by atoms with Crippen LogP contribution in [0.15, 0.2) is 24.3 Å². The number of hydrogen-bond donors (Lipinski definition) is 0. The van der Waals surface area contributed by atoms with E-state index < -0.39 is 11.9 Å². The zero-order valence-electron chi connectivity index (χ0n) is 7.95. The van der Waals surface area contributed by atoms with Crippen molar-refractivity contribution < 1.29 is 14.3 Å². The topological polar surface area (TPSA) is 43.4 Å². The van der Waals surface area contributed by atoms with E-state index in [4.69, 9.17) is 0 Å². The number of ether oxygens (including phenoxy) is 1. The maximum absolute atomic E-state index is 10.8. The number of carbonyl (C=O) groups excluding carboxylic acids is 2. The van der Waals surface area contributed by atoms with Crippen LogP contribution in [0.5, 0.6) is 0 Å². The van der Waals surface area contributed by atoms with Crippen molar-refractivity contribution in [2.45, 2.75) is 26.7 Å². The van der Waals surface area contributed by atoms with Gasteiger partial charge in [-0.2, -0.15) is 0 Å². The molecule has 0 fully saturated rings. The van der Waals surface area contributed by atoms with Crippen LogP contribution in [-0.4, -0.2) is 11.9 Å². The molecule has 3 nitrogen and oxygen atoms in total. The van der Waals surface area contributed by atoms with E-state index in [-0.39, 0.29) is 0 Å². The molecule has 0 rings (SSSR count). The summed E-state index contributed by atoms with van der Waals surface area (Å²) in [4.78, 5) is 21.6. The summed E-state index contributed by atoms with van der Waals surface area (Å²) in [7, 11) is 0. The largest absolute Gasteiger partial charge is 0.387 e. The van der Waals surface area contributed by atoms with Crippen LogP contribution in [0, 0.1) is 0 Å². The second kappa shape index (κ2) is 7.28. The minimum absolute atomic E-state index is 0.618. The Balaban J connectivity index is 3.85. The fourth-order valence-corrected chi connectivity index (χ4v) is 0.595. The van der Waals surface area contributed by atoms with Gasteiger partial charge in [0, 0.05) is 12.2 Å². The van der Waals surface area contributed by atoms with Gasteiger partial charge >= 0.3 is 11.9 Å². The van der Waals surface area contributed by atoms with E-state index in [1.807, 2.05) is 13.8 Å². The highest BCUT2D eigenvalue weighted by Crippen LogP contribution is 1.88. The Labute approximate surface area is 78.1 Å². The van der Waals surface area contributed by atoms with Crippen molar-refractivity contribution >= 4 is 11.9 Å². The average Bonchev–Trinajstić information content (AvgIpc) is 2.11. The molecular weight excluding hydrogens is 168 g/mol. The van der Waals surface area contributed by atoms with E-state index in [1.54, 1.807) is 12.2 Å². The SMILES string of the molecule is CCC=CC(=O)OC(=O)C=CCC. The van der Waals surface area contributed by atoms with Crippen LogP contribution in [0.4, 0.5) is 0 Å². The molecule has 0 radical (unpaired) electrons. The van der Waals surface area contributed by atoms with Gasteiger partial charge in [-0.25, -0.2) is 9.59 Å². The molecular formula is C10H14O3. The summed E-state index contributed by atoms with van der Waals surface area (Å²) in [5.41, 5.74) is 0. The molecule has 3 heteroatoms. The quantitative estimate of drug-likeness (QED) is 0.379. The molecule has 0 aromatic heterocycles. The van der Waals surface area contributed by atoms with Gasteiger partial charge in [0.2, 0.25) is 0 Å². The minimum atomic E-state index is -0.618.